The smallest absolute Gasteiger partial charge is 0.0721 e. The van der Waals surface area contributed by atoms with Gasteiger partial charge in [-0.05, 0) is 52.4 Å². The van der Waals surface area contributed by atoms with Gasteiger partial charge in [-0.2, -0.15) is 0 Å². The zero-order valence-electron chi connectivity index (χ0n) is 20.0. The summed E-state index contributed by atoms with van der Waals surface area (Å²) in [4.78, 5) is 59.2. The molecule has 0 fully saturated rings. The molecule has 0 bridgehead atoms. The van der Waals surface area contributed by atoms with Gasteiger partial charge in [0.2, 0.25) is 0 Å². The van der Waals surface area contributed by atoms with E-state index in [1.807, 2.05) is 13.8 Å². The number of hydrogen-bond donors (Lipinski definition) is 0. The highest BCUT2D eigenvalue weighted by Crippen LogP contribution is 2.05. The zero-order chi connectivity index (χ0) is 29.1. The fraction of sp³-hybridized carbons (Fsp3) is 0.333. The zero-order valence-corrected chi connectivity index (χ0v) is 20.0. The van der Waals surface area contributed by atoms with Crippen molar-refractivity contribution in [1.29, 1.82) is 0 Å². The Bertz CT molecular complexity index is 774. The second-order valence-corrected chi connectivity index (χ2v) is 6.13. The fourth-order valence-corrected chi connectivity index (χ4v) is 1.58. The van der Waals surface area contributed by atoms with Crippen LogP contribution in [0.25, 0.3) is 0 Å². The largest absolute Gasteiger partial charge is 0.550 e. The Morgan fingerprint density at radius 2 is 0.806 bits per heavy atom. The van der Waals surface area contributed by atoms with E-state index in [-0.39, 0.29) is 24.0 Å². The number of benzene rings is 1. The molecule has 202 valence electrons. The molecule has 1 rings (SSSR count). The molecular formula is C24H28O12-6. The van der Waals surface area contributed by atoms with Gasteiger partial charge >= 0.3 is 0 Å². The molecule has 0 aliphatic rings. The minimum absolute atomic E-state index is 0.0761. The third kappa shape index (κ3) is 34.1. The molecule has 12 nitrogen and oxygen atoms in total. The summed E-state index contributed by atoms with van der Waals surface area (Å²) in [5.41, 5.74) is -0.727. The Morgan fingerprint density at radius 3 is 0.972 bits per heavy atom. The van der Waals surface area contributed by atoms with Crippen molar-refractivity contribution in [2.75, 3.05) is 0 Å². The van der Waals surface area contributed by atoms with Crippen molar-refractivity contribution in [3.63, 3.8) is 0 Å². The van der Waals surface area contributed by atoms with Crippen molar-refractivity contribution in [3.8, 4) is 0 Å². The third-order valence-electron chi connectivity index (χ3n) is 2.91. The number of carbonyl (C=O) groups excluding carboxylic acids is 6. The van der Waals surface area contributed by atoms with Crippen LogP contribution >= 0.6 is 0 Å². The molecule has 0 unspecified atom stereocenters. The number of carboxylic acid groups (broad SMARTS) is 6. The molecule has 0 spiro atoms. The van der Waals surface area contributed by atoms with E-state index in [2.05, 4.69) is 13.2 Å². The molecule has 0 atom stereocenters. The van der Waals surface area contributed by atoms with Crippen molar-refractivity contribution < 1.29 is 59.4 Å². The standard InChI is InChI=1S/C8H6O4.C6H10O4.C4H6O4.2C3H6/c9-7(10)5-3-1-2-4-6(5)8(11)12;7-5(8)3-1-2-4-6(9)10;5-3(6)1-2-4(7)8;2*1-3-2/h1-4H,(H,9,10)(H,11,12);1-4H2,(H,7,8)(H,9,10);1-2H2,(H,5,6)(H,7,8);2*3H,1H2,2H3/p-6. The van der Waals surface area contributed by atoms with Gasteiger partial charge in [-0.3, -0.25) is 0 Å². The number of unbranched alkanes of at least 4 members (excludes halogenated alkanes) is 1. The summed E-state index contributed by atoms with van der Waals surface area (Å²) in [6.07, 6.45) is 3.10. The molecule has 0 amide bonds. The van der Waals surface area contributed by atoms with Crippen molar-refractivity contribution in [3.05, 3.63) is 60.7 Å². The van der Waals surface area contributed by atoms with Crippen molar-refractivity contribution in [1.82, 2.24) is 0 Å². The van der Waals surface area contributed by atoms with Gasteiger partial charge in [0.05, 0.1) is 11.9 Å². The van der Waals surface area contributed by atoms with Crippen LogP contribution in [0, 0.1) is 0 Å². The van der Waals surface area contributed by atoms with E-state index in [0.717, 1.165) is 12.1 Å². The molecule has 0 heterocycles. The lowest BCUT2D eigenvalue weighted by atomic mass is 10.1. The first kappa shape index (κ1) is 38.8. The number of aliphatic carboxylic acids is 4. The molecule has 0 aromatic heterocycles. The van der Waals surface area contributed by atoms with Gasteiger partial charge in [-0.1, -0.05) is 36.4 Å². The maximum absolute atomic E-state index is 10.3. The Morgan fingerprint density at radius 1 is 0.583 bits per heavy atom. The molecule has 1 aromatic rings. The lowest BCUT2D eigenvalue weighted by Gasteiger charge is -2.09. The summed E-state index contributed by atoms with van der Waals surface area (Å²) in [6.45, 7) is 10.5. The molecule has 36 heavy (non-hydrogen) atoms. The van der Waals surface area contributed by atoms with E-state index in [1.165, 1.54) is 12.1 Å². The predicted octanol–water partition coefficient (Wildman–Crippen LogP) is -3.89. The van der Waals surface area contributed by atoms with E-state index in [9.17, 15) is 59.4 Å². The molecule has 1 aromatic carbocycles. The number of carboxylic acids is 6. The van der Waals surface area contributed by atoms with Crippen molar-refractivity contribution >= 4 is 35.8 Å². The van der Waals surface area contributed by atoms with Crippen LogP contribution < -0.4 is 30.6 Å². The number of carbonyl (C=O) groups is 6. The van der Waals surface area contributed by atoms with Crippen LogP contribution in [0.3, 0.4) is 0 Å². The van der Waals surface area contributed by atoms with Gasteiger partial charge < -0.3 is 59.4 Å². The summed E-state index contributed by atoms with van der Waals surface area (Å²) >= 11 is 0. The Kier molecular flexibility index (Phi) is 28.8. The first-order chi connectivity index (χ1) is 16.7. The van der Waals surface area contributed by atoms with Crippen LogP contribution in [0.4, 0.5) is 0 Å². The lowest BCUT2D eigenvalue weighted by Crippen LogP contribution is -2.29. The third-order valence-corrected chi connectivity index (χ3v) is 2.91. The monoisotopic (exact) mass is 508 g/mol. The average Bonchev–Trinajstić information content (AvgIpc) is 2.77. The minimum atomic E-state index is -1.52. The topological polar surface area (TPSA) is 241 Å². The summed E-state index contributed by atoms with van der Waals surface area (Å²) in [5.74, 6) is -8.05. The lowest BCUT2D eigenvalue weighted by molar-refractivity contribution is -0.315. The van der Waals surface area contributed by atoms with E-state index in [0.29, 0.717) is 12.8 Å². The van der Waals surface area contributed by atoms with Gasteiger partial charge in [0.15, 0.2) is 0 Å². The van der Waals surface area contributed by atoms with Crippen LogP contribution in [-0.2, 0) is 19.2 Å². The second kappa shape index (κ2) is 26.8. The van der Waals surface area contributed by atoms with Crippen LogP contribution in [0.5, 0.6) is 0 Å². The van der Waals surface area contributed by atoms with E-state index >= 15 is 0 Å². The number of allylic oxidation sites excluding steroid dienone is 2. The molecule has 0 saturated heterocycles. The molecule has 0 aliphatic carbocycles. The quantitative estimate of drug-likeness (QED) is 0.218. The van der Waals surface area contributed by atoms with Crippen LogP contribution in [0.2, 0.25) is 0 Å². The Balaban J connectivity index is -0.000000195. The Hall–Kier alpha value is -4.48. The van der Waals surface area contributed by atoms with Crippen LogP contribution in [0.15, 0.2) is 49.6 Å². The maximum Gasteiger partial charge on any atom is 0.0721 e. The number of rotatable bonds is 10. The maximum atomic E-state index is 10.3. The highest BCUT2D eigenvalue weighted by Gasteiger charge is 2.01. The number of aromatic carboxylic acids is 2. The SMILES string of the molecule is C=CC.C=CC.O=C([O-])CCC(=O)[O-].O=C([O-])CCCCC(=O)[O-].O=C([O-])c1ccccc1C(=O)[O-]. The first-order valence-corrected chi connectivity index (χ1v) is 10.2. The molecule has 0 N–H and O–H groups in total. The van der Waals surface area contributed by atoms with Crippen molar-refractivity contribution in [2.45, 2.75) is 52.4 Å². The first-order valence-electron chi connectivity index (χ1n) is 10.2. The summed E-state index contributed by atoms with van der Waals surface area (Å²) in [5, 5.41) is 59.2. The van der Waals surface area contributed by atoms with Crippen LogP contribution in [0.1, 0.15) is 73.1 Å². The number of hydrogen-bond acceptors (Lipinski definition) is 12. The molecule has 0 saturated carbocycles. The molecule has 0 aliphatic heterocycles. The fourth-order valence-electron chi connectivity index (χ4n) is 1.58. The van der Waals surface area contributed by atoms with Gasteiger partial charge in [0.1, 0.15) is 0 Å². The molecular weight excluding hydrogens is 480 g/mol. The highest BCUT2D eigenvalue weighted by molar-refractivity contribution is 5.99. The normalized spacial score (nSPS) is 8.28. The van der Waals surface area contributed by atoms with E-state index in [1.54, 1.807) is 12.2 Å². The summed E-state index contributed by atoms with van der Waals surface area (Å²) in [6, 6.07) is 5.14. The Labute approximate surface area is 208 Å². The summed E-state index contributed by atoms with van der Waals surface area (Å²) in [7, 11) is 0. The van der Waals surface area contributed by atoms with Gasteiger partial charge in [0, 0.05) is 35.0 Å². The van der Waals surface area contributed by atoms with E-state index < -0.39 is 48.7 Å². The predicted molar refractivity (Wildman–Crippen MR) is 115 cm³/mol. The van der Waals surface area contributed by atoms with E-state index in [4.69, 9.17) is 0 Å². The average molecular weight is 508 g/mol. The van der Waals surface area contributed by atoms with Gasteiger partial charge in [0.25, 0.3) is 0 Å². The van der Waals surface area contributed by atoms with Crippen LogP contribution in [-0.4, -0.2) is 35.8 Å². The van der Waals surface area contributed by atoms with Gasteiger partial charge in [-0.25, -0.2) is 0 Å². The second-order valence-electron chi connectivity index (χ2n) is 6.13. The highest BCUT2D eigenvalue weighted by atomic mass is 16.4. The summed E-state index contributed by atoms with van der Waals surface area (Å²) < 4.78 is 0. The van der Waals surface area contributed by atoms with Gasteiger partial charge in [-0.15, -0.1) is 13.2 Å². The van der Waals surface area contributed by atoms with Crippen molar-refractivity contribution in [2.24, 2.45) is 0 Å². The minimum Gasteiger partial charge on any atom is -0.550 e. The molecule has 12 heteroatoms. The molecule has 0 radical (unpaired) electrons.